The molecule has 2 amide bonds. The lowest BCUT2D eigenvalue weighted by Crippen LogP contribution is -2.24. The van der Waals surface area contributed by atoms with Crippen LogP contribution in [0, 0.1) is 0 Å². The quantitative estimate of drug-likeness (QED) is 0.185. The number of rotatable bonds is 12. The zero-order chi connectivity index (χ0) is 24.9. The average Bonchev–Trinajstić information content (AvgIpc) is 2.79. The van der Waals surface area contributed by atoms with Crippen molar-refractivity contribution in [3.05, 3.63) is 46.4 Å². The van der Waals surface area contributed by atoms with Crippen LogP contribution in [0.5, 0.6) is 17.2 Å². The summed E-state index contributed by atoms with van der Waals surface area (Å²) in [7, 11) is 1.52. The molecular formula is C23H26BrN3O7. The van der Waals surface area contributed by atoms with Gasteiger partial charge in [0.15, 0.2) is 18.1 Å². The molecule has 0 aromatic heterocycles. The summed E-state index contributed by atoms with van der Waals surface area (Å²) in [5.74, 6) is -0.278. The van der Waals surface area contributed by atoms with Crippen molar-refractivity contribution in [3.63, 3.8) is 0 Å². The number of ether oxygens (including phenoxy) is 4. The minimum absolute atomic E-state index is 0.255. The summed E-state index contributed by atoms with van der Waals surface area (Å²) in [5.41, 5.74) is 3.40. The number of hydrazone groups is 1. The number of nitrogens with zero attached hydrogens (tertiary/aromatic N) is 1. The van der Waals surface area contributed by atoms with E-state index >= 15 is 0 Å². The molecule has 2 aromatic carbocycles. The summed E-state index contributed by atoms with van der Waals surface area (Å²) in [5, 5.41) is 6.50. The first-order valence-electron chi connectivity index (χ1n) is 10.4. The first-order chi connectivity index (χ1) is 16.4. The highest BCUT2D eigenvalue weighted by molar-refractivity contribution is 9.10. The number of benzene rings is 2. The number of halogens is 1. The number of carbonyl (C=O) groups is 3. The Bertz CT molecular complexity index is 1040. The summed E-state index contributed by atoms with van der Waals surface area (Å²) in [6, 6.07) is 10.1. The molecule has 0 radical (unpaired) electrons. The van der Waals surface area contributed by atoms with Crippen molar-refractivity contribution < 1.29 is 33.3 Å². The van der Waals surface area contributed by atoms with Crippen LogP contribution in [-0.2, 0) is 19.1 Å². The number of carbonyl (C=O) groups excluding carboxylic acids is 3. The van der Waals surface area contributed by atoms with Gasteiger partial charge in [0.25, 0.3) is 0 Å². The van der Waals surface area contributed by atoms with Crippen LogP contribution < -0.4 is 25.0 Å². The molecule has 0 bridgehead atoms. The van der Waals surface area contributed by atoms with E-state index in [0.717, 1.165) is 0 Å². The molecule has 0 spiro atoms. The van der Waals surface area contributed by atoms with Crippen molar-refractivity contribution in [2.75, 3.05) is 32.2 Å². The highest BCUT2D eigenvalue weighted by atomic mass is 79.9. The van der Waals surface area contributed by atoms with Crippen LogP contribution in [0.1, 0.15) is 25.8 Å². The highest BCUT2D eigenvalue weighted by Crippen LogP contribution is 2.36. The molecule has 2 rings (SSSR count). The molecule has 2 aromatic rings. The van der Waals surface area contributed by atoms with Gasteiger partial charge >= 0.3 is 5.97 Å². The topological polar surface area (TPSA) is 125 Å². The van der Waals surface area contributed by atoms with Gasteiger partial charge in [0, 0.05) is 11.8 Å². The first-order valence-corrected chi connectivity index (χ1v) is 11.2. The molecule has 0 atom stereocenters. The maximum atomic E-state index is 12.1. The molecule has 0 fully saturated rings. The van der Waals surface area contributed by atoms with E-state index in [0.29, 0.717) is 39.6 Å². The minimum Gasteiger partial charge on any atom is -0.497 e. The zero-order valence-corrected chi connectivity index (χ0v) is 20.6. The number of anilines is 1. The molecule has 182 valence electrons. The Morgan fingerprint density at radius 3 is 2.56 bits per heavy atom. The van der Waals surface area contributed by atoms with Crippen LogP contribution in [0.15, 0.2) is 46.0 Å². The standard InChI is InChI=1S/C23H26BrN3O7/c1-4-32-19-10-15(9-18(24)23(19)34-14-22(30)33-5-2)13-25-27-21(29)12-20(28)26-16-7-6-8-17(11-16)31-3/h6-11,13H,4-5,12,14H2,1-3H3,(H,26,28)(H,27,29). The average molecular weight is 536 g/mol. The predicted molar refractivity (Wildman–Crippen MR) is 129 cm³/mol. The van der Waals surface area contributed by atoms with E-state index in [2.05, 4.69) is 31.8 Å². The summed E-state index contributed by atoms with van der Waals surface area (Å²) in [4.78, 5) is 35.7. The van der Waals surface area contributed by atoms with Crippen LogP contribution in [0.3, 0.4) is 0 Å². The molecule has 34 heavy (non-hydrogen) atoms. The Kier molecular flexibility index (Phi) is 10.8. The molecule has 10 nitrogen and oxygen atoms in total. The molecule has 0 aliphatic heterocycles. The predicted octanol–water partition coefficient (Wildman–Crippen LogP) is 3.28. The van der Waals surface area contributed by atoms with Crippen molar-refractivity contribution in [2.24, 2.45) is 5.10 Å². The van der Waals surface area contributed by atoms with Gasteiger partial charge in [0.1, 0.15) is 12.2 Å². The van der Waals surface area contributed by atoms with E-state index in [4.69, 9.17) is 18.9 Å². The lowest BCUT2D eigenvalue weighted by atomic mass is 10.2. The smallest absolute Gasteiger partial charge is 0.344 e. The van der Waals surface area contributed by atoms with Gasteiger partial charge in [-0.1, -0.05) is 6.07 Å². The molecule has 0 unspecified atom stereocenters. The van der Waals surface area contributed by atoms with Crippen molar-refractivity contribution >= 4 is 45.6 Å². The Labute approximate surface area is 205 Å². The van der Waals surface area contributed by atoms with Crippen LogP contribution >= 0.6 is 15.9 Å². The van der Waals surface area contributed by atoms with Gasteiger partial charge in [-0.3, -0.25) is 9.59 Å². The summed E-state index contributed by atoms with van der Waals surface area (Å²) in [6.45, 7) is 3.86. The van der Waals surface area contributed by atoms with E-state index in [1.54, 1.807) is 50.2 Å². The lowest BCUT2D eigenvalue weighted by Gasteiger charge is -2.14. The fourth-order valence-electron chi connectivity index (χ4n) is 2.67. The van der Waals surface area contributed by atoms with Crippen LogP contribution in [0.4, 0.5) is 5.69 Å². The first kappa shape index (κ1) is 26.7. The third-order valence-electron chi connectivity index (χ3n) is 4.05. The van der Waals surface area contributed by atoms with Crippen LogP contribution in [-0.4, -0.2) is 50.9 Å². The number of esters is 1. The lowest BCUT2D eigenvalue weighted by molar-refractivity contribution is -0.145. The Hall–Kier alpha value is -3.60. The highest BCUT2D eigenvalue weighted by Gasteiger charge is 2.14. The van der Waals surface area contributed by atoms with Gasteiger partial charge in [0.05, 0.1) is 31.0 Å². The Balaban J connectivity index is 1.96. The molecule has 0 aliphatic rings. The maximum absolute atomic E-state index is 12.1. The van der Waals surface area contributed by atoms with Crippen molar-refractivity contribution in [1.29, 1.82) is 0 Å². The largest absolute Gasteiger partial charge is 0.497 e. The second kappa shape index (κ2) is 13.8. The van der Waals surface area contributed by atoms with Crippen molar-refractivity contribution in [1.82, 2.24) is 5.43 Å². The second-order valence-electron chi connectivity index (χ2n) is 6.61. The van der Waals surface area contributed by atoms with E-state index in [-0.39, 0.29) is 13.2 Å². The van der Waals surface area contributed by atoms with Gasteiger partial charge in [-0.05, 0) is 59.6 Å². The molecule has 0 heterocycles. The summed E-state index contributed by atoms with van der Waals surface area (Å²) >= 11 is 3.38. The number of hydrogen-bond acceptors (Lipinski definition) is 8. The zero-order valence-electron chi connectivity index (χ0n) is 19.1. The van der Waals surface area contributed by atoms with Gasteiger partial charge in [-0.15, -0.1) is 0 Å². The molecule has 0 saturated carbocycles. The van der Waals surface area contributed by atoms with Crippen molar-refractivity contribution in [3.8, 4) is 17.2 Å². The summed E-state index contributed by atoms with van der Waals surface area (Å²) in [6.07, 6.45) is 0.976. The fraction of sp³-hybridized carbons (Fsp3) is 0.304. The molecule has 11 heteroatoms. The fourth-order valence-corrected chi connectivity index (χ4v) is 3.24. The monoisotopic (exact) mass is 535 g/mol. The van der Waals surface area contributed by atoms with E-state index in [1.165, 1.54) is 13.3 Å². The van der Waals surface area contributed by atoms with Crippen LogP contribution in [0.25, 0.3) is 0 Å². The molecule has 0 aliphatic carbocycles. The third-order valence-corrected chi connectivity index (χ3v) is 4.64. The summed E-state index contributed by atoms with van der Waals surface area (Å²) < 4.78 is 21.6. The van der Waals surface area contributed by atoms with E-state index in [1.807, 2.05) is 0 Å². The number of amides is 2. The van der Waals surface area contributed by atoms with Crippen molar-refractivity contribution in [2.45, 2.75) is 20.3 Å². The normalized spacial score (nSPS) is 10.5. The number of methoxy groups -OCH3 is 1. The SMILES string of the molecule is CCOC(=O)COc1c(Br)cc(C=NNC(=O)CC(=O)Nc2cccc(OC)c2)cc1OCC. The number of nitrogens with one attached hydrogen (secondary N) is 2. The third kappa shape index (κ3) is 8.74. The van der Waals surface area contributed by atoms with E-state index < -0.39 is 24.2 Å². The van der Waals surface area contributed by atoms with E-state index in [9.17, 15) is 14.4 Å². The molecule has 2 N–H and O–H groups in total. The second-order valence-corrected chi connectivity index (χ2v) is 7.46. The maximum Gasteiger partial charge on any atom is 0.344 e. The molecular weight excluding hydrogens is 510 g/mol. The molecule has 0 saturated heterocycles. The van der Waals surface area contributed by atoms with Gasteiger partial charge in [-0.25, -0.2) is 10.2 Å². The Morgan fingerprint density at radius 1 is 1.06 bits per heavy atom. The number of hydrogen-bond donors (Lipinski definition) is 2. The Morgan fingerprint density at radius 2 is 1.85 bits per heavy atom. The minimum atomic E-state index is -0.588. The van der Waals surface area contributed by atoms with Crippen LogP contribution in [0.2, 0.25) is 0 Å². The van der Waals surface area contributed by atoms with Gasteiger partial charge in [-0.2, -0.15) is 5.10 Å². The van der Waals surface area contributed by atoms with Gasteiger partial charge in [0.2, 0.25) is 11.8 Å². The van der Waals surface area contributed by atoms with Gasteiger partial charge < -0.3 is 24.3 Å².